The Morgan fingerprint density at radius 3 is 2.83 bits per heavy atom. The van der Waals surface area contributed by atoms with E-state index in [2.05, 4.69) is 16.6 Å². The van der Waals surface area contributed by atoms with E-state index in [-0.39, 0.29) is 0 Å². The molecule has 2 rings (SSSR count). The van der Waals surface area contributed by atoms with Crippen LogP contribution in [0.1, 0.15) is 24.3 Å². The lowest BCUT2D eigenvalue weighted by Crippen LogP contribution is -2.37. The molecule has 0 unspecified atom stereocenters. The number of aromatic nitrogens is 2. The van der Waals surface area contributed by atoms with Crippen LogP contribution in [0, 0.1) is 0 Å². The Labute approximate surface area is 72.8 Å². The number of hydrogen-bond acceptors (Lipinski definition) is 2. The third-order valence-corrected chi connectivity index (χ3v) is 2.74. The molecule has 0 aromatic carbocycles. The summed E-state index contributed by atoms with van der Waals surface area (Å²) in [5.74, 6) is 0.746. The molecule has 0 amide bonds. The molecular formula is C9H15N3. The van der Waals surface area contributed by atoms with Gasteiger partial charge < -0.3 is 5.32 Å². The Hall–Kier alpha value is -0.830. The molecule has 1 fully saturated rings. The van der Waals surface area contributed by atoms with Gasteiger partial charge >= 0.3 is 0 Å². The highest BCUT2D eigenvalue weighted by Gasteiger charge is 2.29. The van der Waals surface area contributed by atoms with Crippen LogP contribution in [-0.2, 0) is 7.05 Å². The molecule has 1 aromatic rings. The second-order valence-corrected chi connectivity index (χ2v) is 3.60. The van der Waals surface area contributed by atoms with Crippen LogP contribution in [0.2, 0.25) is 0 Å². The zero-order valence-corrected chi connectivity index (χ0v) is 7.62. The molecule has 1 N–H and O–H groups in total. The fourth-order valence-corrected chi connectivity index (χ4v) is 1.78. The maximum atomic E-state index is 4.17. The zero-order chi connectivity index (χ0) is 8.55. The summed E-state index contributed by atoms with van der Waals surface area (Å²) in [6.07, 6.45) is 6.64. The summed E-state index contributed by atoms with van der Waals surface area (Å²) >= 11 is 0. The van der Waals surface area contributed by atoms with E-state index < -0.39 is 0 Å². The Kier molecular flexibility index (Phi) is 1.89. The van der Waals surface area contributed by atoms with Gasteiger partial charge in [0.2, 0.25) is 0 Å². The van der Waals surface area contributed by atoms with Crippen molar-refractivity contribution in [1.82, 2.24) is 15.1 Å². The van der Waals surface area contributed by atoms with Gasteiger partial charge in [0.05, 0.1) is 6.20 Å². The fraction of sp³-hybridized carbons (Fsp3) is 0.667. The van der Waals surface area contributed by atoms with Gasteiger partial charge in [-0.05, 0) is 31.4 Å². The average molecular weight is 165 g/mol. The van der Waals surface area contributed by atoms with Crippen molar-refractivity contribution in [2.75, 3.05) is 7.05 Å². The van der Waals surface area contributed by atoms with Crippen LogP contribution >= 0.6 is 0 Å². The summed E-state index contributed by atoms with van der Waals surface area (Å²) < 4.78 is 1.88. The number of nitrogens with one attached hydrogen (secondary N) is 1. The van der Waals surface area contributed by atoms with Gasteiger partial charge in [0.25, 0.3) is 0 Å². The summed E-state index contributed by atoms with van der Waals surface area (Å²) in [5, 5.41) is 7.45. The number of hydrogen-bond donors (Lipinski definition) is 1. The largest absolute Gasteiger partial charge is 0.317 e. The monoisotopic (exact) mass is 165 g/mol. The molecule has 1 aliphatic carbocycles. The second kappa shape index (κ2) is 2.90. The molecular weight excluding hydrogens is 150 g/mol. The standard InChI is InChI=1S/C9H15N3/c1-10-9-3-7(4-9)8-5-11-12(2)6-8/h5-7,9-10H,3-4H2,1-2H3. The van der Waals surface area contributed by atoms with Crippen LogP contribution in [-0.4, -0.2) is 22.9 Å². The Bertz CT molecular complexity index is 260. The lowest BCUT2D eigenvalue weighted by molar-refractivity contribution is 0.307. The quantitative estimate of drug-likeness (QED) is 0.705. The van der Waals surface area contributed by atoms with Crippen LogP contribution in [0.5, 0.6) is 0 Å². The number of nitrogens with zero attached hydrogens (tertiary/aromatic N) is 2. The SMILES string of the molecule is CNC1CC(c2cnn(C)c2)C1. The van der Waals surface area contributed by atoms with Gasteiger partial charge in [0.15, 0.2) is 0 Å². The average Bonchev–Trinajstić information content (AvgIpc) is 2.34. The van der Waals surface area contributed by atoms with Crippen LogP contribution in [0.15, 0.2) is 12.4 Å². The third kappa shape index (κ3) is 1.25. The van der Waals surface area contributed by atoms with Gasteiger partial charge in [-0.15, -0.1) is 0 Å². The van der Waals surface area contributed by atoms with E-state index in [0.29, 0.717) is 0 Å². The minimum absolute atomic E-state index is 0.732. The van der Waals surface area contributed by atoms with Crippen molar-refractivity contribution in [1.29, 1.82) is 0 Å². The van der Waals surface area contributed by atoms with Gasteiger partial charge in [-0.25, -0.2) is 0 Å². The van der Waals surface area contributed by atoms with Crippen molar-refractivity contribution in [3.63, 3.8) is 0 Å². The smallest absolute Gasteiger partial charge is 0.0524 e. The van der Waals surface area contributed by atoms with Crippen molar-refractivity contribution in [3.05, 3.63) is 18.0 Å². The molecule has 66 valence electrons. The van der Waals surface area contributed by atoms with E-state index >= 15 is 0 Å². The second-order valence-electron chi connectivity index (χ2n) is 3.60. The van der Waals surface area contributed by atoms with E-state index in [1.165, 1.54) is 18.4 Å². The molecule has 0 radical (unpaired) electrons. The summed E-state index contributed by atoms with van der Waals surface area (Å²) in [7, 11) is 4.00. The minimum Gasteiger partial charge on any atom is -0.317 e. The first-order valence-corrected chi connectivity index (χ1v) is 4.45. The first-order chi connectivity index (χ1) is 5.79. The Morgan fingerprint density at radius 2 is 2.33 bits per heavy atom. The van der Waals surface area contributed by atoms with E-state index in [9.17, 15) is 0 Å². The molecule has 3 heteroatoms. The highest BCUT2D eigenvalue weighted by atomic mass is 15.2. The number of rotatable bonds is 2. The summed E-state index contributed by atoms with van der Waals surface area (Å²) in [6, 6.07) is 0.732. The predicted molar refractivity (Wildman–Crippen MR) is 48.0 cm³/mol. The van der Waals surface area contributed by atoms with E-state index in [4.69, 9.17) is 0 Å². The molecule has 1 heterocycles. The molecule has 1 aliphatic rings. The van der Waals surface area contributed by atoms with E-state index in [0.717, 1.165) is 12.0 Å². The van der Waals surface area contributed by atoms with Crippen LogP contribution in [0.4, 0.5) is 0 Å². The molecule has 1 saturated carbocycles. The third-order valence-electron chi connectivity index (χ3n) is 2.74. The van der Waals surface area contributed by atoms with Crippen molar-refractivity contribution in [3.8, 4) is 0 Å². The van der Waals surface area contributed by atoms with Crippen molar-refractivity contribution < 1.29 is 0 Å². The molecule has 0 spiro atoms. The van der Waals surface area contributed by atoms with E-state index in [1.807, 2.05) is 25.0 Å². The first kappa shape index (κ1) is 7.80. The summed E-state index contributed by atoms with van der Waals surface area (Å²) in [5.41, 5.74) is 1.39. The Morgan fingerprint density at radius 1 is 1.58 bits per heavy atom. The molecule has 0 saturated heterocycles. The molecule has 0 atom stereocenters. The number of aryl methyl sites for hydroxylation is 1. The van der Waals surface area contributed by atoms with Crippen LogP contribution in [0.25, 0.3) is 0 Å². The zero-order valence-electron chi connectivity index (χ0n) is 7.62. The maximum Gasteiger partial charge on any atom is 0.0524 e. The molecule has 12 heavy (non-hydrogen) atoms. The topological polar surface area (TPSA) is 29.9 Å². The molecule has 3 nitrogen and oxygen atoms in total. The minimum atomic E-state index is 0.732. The normalized spacial score (nSPS) is 28.5. The molecule has 0 bridgehead atoms. The molecule has 1 aromatic heterocycles. The highest BCUT2D eigenvalue weighted by Crippen LogP contribution is 2.36. The fourth-order valence-electron chi connectivity index (χ4n) is 1.78. The van der Waals surface area contributed by atoms with Crippen LogP contribution in [0.3, 0.4) is 0 Å². The summed E-state index contributed by atoms with van der Waals surface area (Å²) in [4.78, 5) is 0. The van der Waals surface area contributed by atoms with Gasteiger partial charge in [-0.3, -0.25) is 4.68 Å². The van der Waals surface area contributed by atoms with Gasteiger partial charge in [-0.2, -0.15) is 5.10 Å². The lowest BCUT2D eigenvalue weighted by atomic mass is 9.77. The molecule has 0 aliphatic heterocycles. The van der Waals surface area contributed by atoms with Crippen molar-refractivity contribution in [2.45, 2.75) is 24.8 Å². The van der Waals surface area contributed by atoms with Gasteiger partial charge in [0.1, 0.15) is 0 Å². The van der Waals surface area contributed by atoms with Crippen LogP contribution < -0.4 is 5.32 Å². The van der Waals surface area contributed by atoms with Gasteiger partial charge in [0, 0.05) is 19.3 Å². The first-order valence-electron chi connectivity index (χ1n) is 4.45. The Balaban J connectivity index is 1.96. The predicted octanol–water partition coefficient (Wildman–Crippen LogP) is 0.885. The van der Waals surface area contributed by atoms with E-state index in [1.54, 1.807) is 0 Å². The van der Waals surface area contributed by atoms with Crippen molar-refractivity contribution in [2.24, 2.45) is 7.05 Å². The maximum absolute atomic E-state index is 4.17. The highest BCUT2D eigenvalue weighted by molar-refractivity contribution is 5.16. The van der Waals surface area contributed by atoms with Crippen molar-refractivity contribution >= 4 is 0 Å². The summed E-state index contributed by atoms with van der Waals surface area (Å²) in [6.45, 7) is 0. The van der Waals surface area contributed by atoms with Gasteiger partial charge in [-0.1, -0.05) is 0 Å². The lowest BCUT2D eigenvalue weighted by Gasteiger charge is -2.34.